The molecule has 0 unspecified atom stereocenters. The quantitative estimate of drug-likeness (QED) is 0.511. The summed E-state index contributed by atoms with van der Waals surface area (Å²) < 4.78 is 18.7. The van der Waals surface area contributed by atoms with Gasteiger partial charge in [-0.25, -0.2) is 4.68 Å². The van der Waals surface area contributed by atoms with Crippen molar-refractivity contribution in [3.63, 3.8) is 0 Å². The second kappa shape index (κ2) is 7.38. The fourth-order valence-corrected chi connectivity index (χ4v) is 3.69. The molecule has 30 heavy (non-hydrogen) atoms. The molecule has 0 N–H and O–H groups in total. The summed E-state index contributed by atoms with van der Waals surface area (Å²) in [6, 6.07) is 14.0. The molecular weight excluding hydrogens is 382 g/mol. The first-order valence-electron chi connectivity index (χ1n) is 9.72. The lowest BCUT2D eigenvalue weighted by molar-refractivity contribution is -0.00114. The minimum Gasteiger partial charge on any atom is -0.497 e. The standard InChI is InChI=1S/C22H21N5O3/c1-13-4-9-17(14(2)10-13)22-23-21(25-30-22)20-18-12-29-19(11-27(18)26-24-20)15-5-7-16(28-3)8-6-15/h4-10,19H,11-12H2,1-3H3/t19-/m1/s1. The Balaban J connectivity index is 1.40. The summed E-state index contributed by atoms with van der Waals surface area (Å²) in [5, 5.41) is 12.7. The second-order valence-corrected chi connectivity index (χ2v) is 7.38. The van der Waals surface area contributed by atoms with Gasteiger partial charge in [-0.15, -0.1) is 5.10 Å². The number of benzene rings is 2. The molecule has 2 aromatic carbocycles. The van der Waals surface area contributed by atoms with Gasteiger partial charge in [-0.2, -0.15) is 4.98 Å². The van der Waals surface area contributed by atoms with E-state index in [4.69, 9.17) is 14.0 Å². The minimum atomic E-state index is -0.103. The molecule has 3 heterocycles. The Morgan fingerprint density at radius 1 is 1.10 bits per heavy atom. The van der Waals surface area contributed by atoms with E-state index in [0.29, 0.717) is 30.6 Å². The number of hydrogen-bond donors (Lipinski definition) is 0. The molecule has 5 rings (SSSR count). The van der Waals surface area contributed by atoms with E-state index in [1.54, 1.807) is 7.11 Å². The highest BCUT2D eigenvalue weighted by Gasteiger charge is 2.27. The molecule has 0 fully saturated rings. The fraction of sp³-hybridized carbons (Fsp3) is 0.273. The van der Waals surface area contributed by atoms with Crippen molar-refractivity contribution in [1.29, 1.82) is 0 Å². The van der Waals surface area contributed by atoms with Crippen LogP contribution in [0.1, 0.15) is 28.5 Å². The lowest BCUT2D eigenvalue weighted by Crippen LogP contribution is -2.22. The van der Waals surface area contributed by atoms with Gasteiger partial charge in [0.05, 0.1) is 26.0 Å². The Bertz CT molecular complexity index is 1200. The van der Waals surface area contributed by atoms with Crippen LogP contribution in [0.3, 0.4) is 0 Å². The van der Waals surface area contributed by atoms with Gasteiger partial charge >= 0.3 is 0 Å². The van der Waals surface area contributed by atoms with Crippen molar-refractivity contribution in [1.82, 2.24) is 25.1 Å². The molecule has 8 heteroatoms. The Labute approximate surface area is 173 Å². The van der Waals surface area contributed by atoms with Crippen LogP contribution in [0.25, 0.3) is 23.0 Å². The second-order valence-electron chi connectivity index (χ2n) is 7.38. The van der Waals surface area contributed by atoms with Crippen LogP contribution in [0, 0.1) is 13.8 Å². The van der Waals surface area contributed by atoms with Crippen molar-refractivity contribution in [3.8, 4) is 28.7 Å². The molecule has 4 aromatic rings. The average molecular weight is 403 g/mol. The number of ether oxygens (including phenoxy) is 2. The lowest BCUT2D eigenvalue weighted by atomic mass is 10.1. The van der Waals surface area contributed by atoms with Gasteiger partial charge in [0.1, 0.15) is 11.9 Å². The third kappa shape index (κ3) is 3.25. The van der Waals surface area contributed by atoms with Gasteiger partial charge < -0.3 is 14.0 Å². The van der Waals surface area contributed by atoms with Crippen LogP contribution >= 0.6 is 0 Å². The van der Waals surface area contributed by atoms with Gasteiger partial charge in [0, 0.05) is 5.56 Å². The summed E-state index contributed by atoms with van der Waals surface area (Å²) in [6.45, 7) is 5.01. The largest absolute Gasteiger partial charge is 0.497 e. The summed E-state index contributed by atoms with van der Waals surface area (Å²) in [5.74, 6) is 1.70. The van der Waals surface area contributed by atoms with Crippen LogP contribution in [-0.2, 0) is 17.9 Å². The van der Waals surface area contributed by atoms with Crippen LogP contribution in [-0.4, -0.2) is 32.2 Å². The number of nitrogens with zero attached hydrogens (tertiary/aromatic N) is 5. The third-order valence-corrected chi connectivity index (χ3v) is 5.34. The summed E-state index contributed by atoms with van der Waals surface area (Å²) in [6.07, 6.45) is -0.103. The first kappa shape index (κ1) is 18.5. The van der Waals surface area contributed by atoms with E-state index in [2.05, 4.69) is 33.4 Å². The first-order valence-corrected chi connectivity index (χ1v) is 9.72. The number of aromatic nitrogens is 5. The van der Waals surface area contributed by atoms with Crippen molar-refractivity contribution in [3.05, 3.63) is 64.8 Å². The summed E-state index contributed by atoms with van der Waals surface area (Å²) in [5.41, 5.74) is 5.68. The zero-order valence-electron chi connectivity index (χ0n) is 17.0. The SMILES string of the molecule is COc1ccc([C@H]2Cn3nnc(-c4noc(-c5ccc(C)cc5C)n4)c3CO2)cc1. The molecule has 2 aromatic heterocycles. The van der Waals surface area contributed by atoms with Gasteiger partial charge in [-0.05, 0) is 43.2 Å². The molecule has 0 amide bonds. The van der Waals surface area contributed by atoms with Crippen LogP contribution in [0.4, 0.5) is 0 Å². The van der Waals surface area contributed by atoms with Crippen molar-refractivity contribution in [2.75, 3.05) is 7.11 Å². The Morgan fingerprint density at radius 3 is 2.70 bits per heavy atom. The van der Waals surface area contributed by atoms with E-state index in [-0.39, 0.29) is 6.10 Å². The highest BCUT2D eigenvalue weighted by atomic mass is 16.5. The number of rotatable bonds is 4. The average Bonchev–Trinajstić information content (AvgIpc) is 3.40. The number of aryl methyl sites for hydroxylation is 2. The van der Waals surface area contributed by atoms with Crippen LogP contribution in [0.2, 0.25) is 0 Å². The summed E-state index contributed by atoms with van der Waals surface area (Å²) >= 11 is 0. The van der Waals surface area contributed by atoms with Crippen LogP contribution in [0.5, 0.6) is 5.75 Å². The highest BCUT2D eigenvalue weighted by molar-refractivity contribution is 5.62. The molecule has 8 nitrogen and oxygen atoms in total. The predicted octanol–water partition coefficient (Wildman–Crippen LogP) is 3.89. The lowest BCUT2D eigenvalue weighted by Gasteiger charge is -2.24. The number of fused-ring (bicyclic) bond motifs is 1. The summed E-state index contributed by atoms with van der Waals surface area (Å²) in [7, 11) is 1.65. The fourth-order valence-electron chi connectivity index (χ4n) is 3.69. The van der Waals surface area contributed by atoms with E-state index in [1.807, 2.05) is 48.0 Å². The van der Waals surface area contributed by atoms with Gasteiger partial charge in [0.15, 0.2) is 5.69 Å². The number of methoxy groups -OCH3 is 1. The molecule has 0 saturated carbocycles. The topological polar surface area (TPSA) is 88.1 Å². The highest BCUT2D eigenvalue weighted by Crippen LogP contribution is 2.31. The molecule has 0 saturated heterocycles. The van der Waals surface area contributed by atoms with E-state index >= 15 is 0 Å². The molecule has 152 valence electrons. The molecule has 1 atom stereocenters. The maximum atomic E-state index is 6.08. The zero-order valence-corrected chi connectivity index (χ0v) is 17.0. The zero-order chi connectivity index (χ0) is 20.7. The predicted molar refractivity (Wildman–Crippen MR) is 109 cm³/mol. The van der Waals surface area contributed by atoms with E-state index in [1.165, 1.54) is 5.56 Å². The molecule has 1 aliphatic heterocycles. The first-order chi connectivity index (χ1) is 14.6. The molecule has 0 aliphatic carbocycles. The van der Waals surface area contributed by atoms with Crippen LogP contribution < -0.4 is 4.74 Å². The Kier molecular flexibility index (Phi) is 4.55. The maximum Gasteiger partial charge on any atom is 0.258 e. The smallest absolute Gasteiger partial charge is 0.258 e. The molecule has 0 bridgehead atoms. The Hall–Kier alpha value is -3.52. The number of hydrogen-bond acceptors (Lipinski definition) is 7. The Morgan fingerprint density at radius 2 is 1.93 bits per heavy atom. The van der Waals surface area contributed by atoms with Crippen molar-refractivity contribution in [2.45, 2.75) is 33.1 Å². The van der Waals surface area contributed by atoms with E-state index in [9.17, 15) is 0 Å². The molecular formula is C22H21N5O3. The molecule has 0 radical (unpaired) electrons. The van der Waals surface area contributed by atoms with Gasteiger partial charge in [-0.3, -0.25) is 0 Å². The van der Waals surface area contributed by atoms with Crippen molar-refractivity contribution >= 4 is 0 Å². The van der Waals surface area contributed by atoms with Crippen molar-refractivity contribution in [2.24, 2.45) is 0 Å². The monoisotopic (exact) mass is 403 g/mol. The maximum absolute atomic E-state index is 6.08. The van der Waals surface area contributed by atoms with E-state index in [0.717, 1.165) is 28.1 Å². The molecule has 1 aliphatic rings. The normalized spacial score (nSPS) is 15.8. The minimum absolute atomic E-state index is 0.103. The van der Waals surface area contributed by atoms with Gasteiger partial charge in [0.2, 0.25) is 5.82 Å². The van der Waals surface area contributed by atoms with Crippen LogP contribution in [0.15, 0.2) is 47.0 Å². The van der Waals surface area contributed by atoms with Gasteiger partial charge in [0.25, 0.3) is 5.89 Å². The van der Waals surface area contributed by atoms with Crippen molar-refractivity contribution < 1.29 is 14.0 Å². The van der Waals surface area contributed by atoms with E-state index < -0.39 is 0 Å². The molecule has 0 spiro atoms. The summed E-state index contributed by atoms with van der Waals surface area (Å²) in [4.78, 5) is 4.55. The third-order valence-electron chi connectivity index (χ3n) is 5.34. The van der Waals surface area contributed by atoms with Gasteiger partial charge in [-0.1, -0.05) is 40.2 Å².